The van der Waals surface area contributed by atoms with E-state index in [2.05, 4.69) is 244 Å². The molecule has 1 aliphatic rings. The summed E-state index contributed by atoms with van der Waals surface area (Å²) >= 11 is 0. The Hall–Kier alpha value is -7.42. The van der Waals surface area contributed by atoms with E-state index in [0.717, 1.165) is 17.1 Å². The van der Waals surface area contributed by atoms with Gasteiger partial charge in [0, 0.05) is 38.9 Å². The van der Waals surface area contributed by atoms with Crippen molar-refractivity contribution in [2.45, 2.75) is 40.0 Å². The van der Waals surface area contributed by atoms with Crippen LogP contribution in [0.1, 0.15) is 41.7 Å². The van der Waals surface area contributed by atoms with Gasteiger partial charge in [0.05, 0.1) is 11.0 Å². The van der Waals surface area contributed by atoms with Gasteiger partial charge in [0.15, 0.2) is 0 Å². The van der Waals surface area contributed by atoms with Crippen LogP contribution in [0, 0.1) is 20.8 Å². The van der Waals surface area contributed by atoms with Crippen LogP contribution >= 0.6 is 0 Å². The van der Waals surface area contributed by atoms with Crippen LogP contribution in [0.25, 0.3) is 72.0 Å². The maximum Gasteiger partial charge on any atom is 0.0541 e. The number of nitrogens with zero attached hydrogens (tertiary/aromatic N) is 2. The Labute approximate surface area is 365 Å². The predicted molar refractivity (Wildman–Crippen MR) is 264 cm³/mol. The maximum absolute atomic E-state index is 2.44. The molecule has 0 atom stereocenters. The highest BCUT2D eigenvalue weighted by Crippen LogP contribution is 2.51. The van der Waals surface area contributed by atoms with Crippen LogP contribution < -0.4 is 4.90 Å². The summed E-state index contributed by atoms with van der Waals surface area (Å²) in [6.07, 6.45) is 0. The molecule has 0 saturated carbocycles. The zero-order valence-electron chi connectivity index (χ0n) is 35.9. The van der Waals surface area contributed by atoms with Crippen LogP contribution in [-0.2, 0) is 5.41 Å². The van der Waals surface area contributed by atoms with E-state index in [1.807, 2.05) is 0 Å². The number of benzene rings is 9. The first-order valence-electron chi connectivity index (χ1n) is 21.7. The molecule has 1 aromatic heterocycles. The molecule has 0 N–H and O–H groups in total. The molecule has 10 aromatic rings. The van der Waals surface area contributed by atoms with E-state index in [9.17, 15) is 0 Å². The largest absolute Gasteiger partial charge is 0.310 e. The number of para-hydroxylation sites is 1. The summed E-state index contributed by atoms with van der Waals surface area (Å²) in [5.41, 5.74) is 23.4. The number of hydrogen-bond donors (Lipinski definition) is 0. The van der Waals surface area contributed by atoms with Gasteiger partial charge in [0.2, 0.25) is 0 Å². The van der Waals surface area contributed by atoms with E-state index >= 15 is 0 Å². The molecule has 0 bridgehead atoms. The number of fused-ring (bicyclic) bond motifs is 6. The standard InChI is InChI=1S/C60H48N2/c1-39-31-40(2)33-46(32-39)47-34-41(3)35-51(36-47)62-58-18-12-10-16-54(58)55-37-45(23-30-59(55)62)44-21-26-49(27-22-44)61(48-24-19-43(20-25-48)42-13-7-6-8-14-42)50-28-29-53-52-15-9-11-17-56(52)60(4,5)57(53)38-50/h6-38H,1-5H3. The van der Waals surface area contributed by atoms with Crippen LogP contribution in [-0.4, -0.2) is 4.57 Å². The van der Waals surface area contributed by atoms with Crippen molar-refractivity contribution in [1.82, 2.24) is 4.57 Å². The van der Waals surface area contributed by atoms with Gasteiger partial charge in [0.25, 0.3) is 0 Å². The summed E-state index contributed by atoms with van der Waals surface area (Å²) < 4.78 is 2.44. The molecular weight excluding hydrogens is 749 g/mol. The van der Waals surface area contributed by atoms with Crippen molar-refractivity contribution in [3.63, 3.8) is 0 Å². The third kappa shape index (κ3) is 6.34. The second kappa shape index (κ2) is 14.6. The van der Waals surface area contributed by atoms with Gasteiger partial charge in [-0.05, 0) is 149 Å². The lowest BCUT2D eigenvalue weighted by atomic mass is 9.82. The van der Waals surface area contributed by atoms with Crippen LogP contribution in [0.5, 0.6) is 0 Å². The molecule has 0 fully saturated rings. The van der Waals surface area contributed by atoms with E-state index in [-0.39, 0.29) is 5.41 Å². The highest BCUT2D eigenvalue weighted by Gasteiger charge is 2.35. The smallest absolute Gasteiger partial charge is 0.0541 e. The minimum atomic E-state index is -0.0990. The summed E-state index contributed by atoms with van der Waals surface area (Å²) in [4.78, 5) is 2.41. The van der Waals surface area contributed by atoms with Gasteiger partial charge < -0.3 is 9.47 Å². The minimum Gasteiger partial charge on any atom is -0.310 e. The van der Waals surface area contributed by atoms with Crippen LogP contribution in [0.2, 0.25) is 0 Å². The quantitative estimate of drug-likeness (QED) is 0.156. The predicted octanol–water partition coefficient (Wildman–Crippen LogP) is 16.5. The van der Waals surface area contributed by atoms with E-state index in [4.69, 9.17) is 0 Å². The van der Waals surface area contributed by atoms with Gasteiger partial charge in [-0.3, -0.25) is 0 Å². The van der Waals surface area contributed by atoms with Crippen LogP contribution in [0.15, 0.2) is 200 Å². The number of rotatable bonds is 7. The molecule has 0 saturated heterocycles. The summed E-state index contributed by atoms with van der Waals surface area (Å²) in [7, 11) is 0. The van der Waals surface area contributed by atoms with Crippen molar-refractivity contribution in [1.29, 1.82) is 0 Å². The summed E-state index contributed by atoms with van der Waals surface area (Å²) in [5, 5.41) is 2.50. The lowest BCUT2D eigenvalue weighted by Gasteiger charge is -2.28. The minimum absolute atomic E-state index is 0.0990. The molecule has 0 spiro atoms. The van der Waals surface area contributed by atoms with Crippen molar-refractivity contribution < 1.29 is 0 Å². The lowest BCUT2D eigenvalue weighted by Crippen LogP contribution is -2.16. The molecule has 0 aliphatic heterocycles. The second-order valence-corrected chi connectivity index (χ2v) is 17.7. The van der Waals surface area contributed by atoms with Gasteiger partial charge in [-0.15, -0.1) is 0 Å². The highest BCUT2D eigenvalue weighted by molar-refractivity contribution is 6.10. The fourth-order valence-corrected chi connectivity index (χ4v) is 10.1. The zero-order chi connectivity index (χ0) is 42.1. The number of aromatic nitrogens is 1. The number of anilines is 3. The zero-order valence-corrected chi connectivity index (χ0v) is 35.9. The van der Waals surface area contributed by atoms with E-state index < -0.39 is 0 Å². The van der Waals surface area contributed by atoms with Gasteiger partial charge in [-0.25, -0.2) is 0 Å². The molecule has 2 heteroatoms. The molecule has 2 nitrogen and oxygen atoms in total. The van der Waals surface area contributed by atoms with Gasteiger partial charge in [0.1, 0.15) is 0 Å². The molecule has 62 heavy (non-hydrogen) atoms. The van der Waals surface area contributed by atoms with E-state index in [1.165, 1.54) is 99.8 Å². The van der Waals surface area contributed by atoms with Crippen molar-refractivity contribution in [3.8, 4) is 50.2 Å². The summed E-state index contributed by atoms with van der Waals surface area (Å²) in [6.45, 7) is 11.3. The fourth-order valence-electron chi connectivity index (χ4n) is 10.1. The SMILES string of the molecule is Cc1cc(C)cc(-c2cc(C)cc(-n3c4ccccc4c4cc(-c5ccc(N(c6ccc(-c7ccccc7)cc6)c6ccc7c(c6)C(C)(C)c6ccccc6-7)cc5)ccc43)c2)c1. The Morgan fingerprint density at radius 2 is 0.887 bits per heavy atom. The highest BCUT2D eigenvalue weighted by atomic mass is 15.1. The third-order valence-corrected chi connectivity index (χ3v) is 13.1. The Bertz CT molecular complexity index is 3310. The van der Waals surface area contributed by atoms with Gasteiger partial charge in [-0.1, -0.05) is 158 Å². The number of aryl methyl sites for hydroxylation is 3. The first kappa shape index (κ1) is 37.6. The molecule has 11 rings (SSSR count). The van der Waals surface area contributed by atoms with Crippen molar-refractivity contribution in [2.75, 3.05) is 4.90 Å². The molecule has 0 radical (unpaired) electrons. The molecular formula is C60H48N2. The number of hydrogen-bond acceptors (Lipinski definition) is 1. The monoisotopic (exact) mass is 796 g/mol. The van der Waals surface area contributed by atoms with Crippen molar-refractivity contribution in [3.05, 3.63) is 228 Å². The molecule has 1 heterocycles. The Kier molecular flexibility index (Phi) is 8.87. The average Bonchev–Trinajstić information content (AvgIpc) is 3.74. The normalized spacial score (nSPS) is 12.7. The summed E-state index contributed by atoms with van der Waals surface area (Å²) in [6, 6.07) is 74.2. The van der Waals surface area contributed by atoms with Crippen LogP contribution in [0.3, 0.4) is 0 Å². The van der Waals surface area contributed by atoms with E-state index in [1.54, 1.807) is 0 Å². The lowest BCUT2D eigenvalue weighted by molar-refractivity contribution is 0.660. The maximum atomic E-state index is 2.44. The molecule has 9 aromatic carbocycles. The van der Waals surface area contributed by atoms with Gasteiger partial charge in [-0.2, -0.15) is 0 Å². The second-order valence-electron chi connectivity index (χ2n) is 17.7. The molecule has 1 aliphatic carbocycles. The Balaban J connectivity index is 0.993. The molecule has 0 unspecified atom stereocenters. The first-order valence-corrected chi connectivity index (χ1v) is 21.7. The topological polar surface area (TPSA) is 8.17 Å². The van der Waals surface area contributed by atoms with E-state index in [0.29, 0.717) is 0 Å². The Morgan fingerprint density at radius 1 is 0.355 bits per heavy atom. The molecule has 0 amide bonds. The first-order chi connectivity index (χ1) is 30.2. The molecule has 298 valence electrons. The average molecular weight is 797 g/mol. The van der Waals surface area contributed by atoms with Crippen LogP contribution in [0.4, 0.5) is 17.1 Å². The fraction of sp³-hybridized carbons (Fsp3) is 0.100. The van der Waals surface area contributed by atoms with Crippen molar-refractivity contribution in [2.24, 2.45) is 0 Å². The Morgan fingerprint density at radius 3 is 1.61 bits per heavy atom. The third-order valence-electron chi connectivity index (χ3n) is 13.1. The van der Waals surface area contributed by atoms with Gasteiger partial charge >= 0.3 is 0 Å². The summed E-state index contributed by atoms with van der Waals surface area (Å²) in [5.74, 6) is 0. The van der Waals surface area contributed by atoms with Crippen molar-refractivity contribution >= 4 is 38.9 Å².